The Morgan fingerprint density at radius 1 is 1.26 bits per heavy atom. The molecule has 8 heteroatoms. The number of ether oxygens (including phenoxy) is 3. The molecule has 0 unspecified atom stereocenters. The first-order chi connectivity index (χ1) is 8.94. The highest BCUT2D eigenvalue weighted by Crippen LogP contribution is 2.34. The maximum atomic E-state index is 10.6. The molecule has 0 amide bonds. The molecule has 0 saturated carbocycles. The zero-order valence-electron chi connectivity index (χ0n) is 10.3. The standard InChI is InChI=1S/C11H14BrClO5S/c1-16-10-4-2-3-9(12)11(10)18-6-5-17-7-8-19(13,14)15/h2-4H,5-8H2,1H3. The molecule has 0 bridgehead atoms. The SMILES string of the molecule is COc1cccc(Br)c1OCCOCCS(=O)(=O)Cl. The number of benzene rings is 1. The lowest BCUT2D eigenvalue weighted by atomic mass is 10.3. The Morgan fingerprint density at radius 2 is 2.00 bits per heavy atom. The topological polar surface area (TPSA) is 61.8 Å². The summed E-state index contributed by atoms with van der Waals surface area (Å²) >= 11 is 3.35. The second-order valence-corrected chi connectivity index (χ2v) is 7.23. The van der Waals surface area contributed by atoms with Crippen molar-refractivity contribution in [1.82, 2.24) is 0 Å². The van der Waals surface area contributed by atoms with Crippen LogP contribution in [0.25, 0.3) is 0 Å². The van der Waals surface area contributed by atoms with Crippen molar-refractivity contribution < 1.29 is 22.6 Å². The second-order valence-electron chi connectivity index (χ2n) is 3.48. The minimum Gasteiger partial charge on any atom is -0.493 e. The van der Waals surface area contributed by atoms with Crippen LogP contribution in [0.4, 0.5) is 0 Å². The number of hydrogen-bond donors (Lipinski definition) is 0. The van der Waals surface area contributed by atoms with E-state index in [0.717, 1.165) is 4.47 Å². The van der Waals surface area contributed by atoms with Crippen LogP contribution in [0.2, 0.25) is 0 Å². The van der Waals surface area contributed by atoms with E-state index in [1.807, 2.05) is 12.1 Å². The van der Waals surface area contributed by atoms with Crippen LogP contribution in [-0.2, 0) is 13.8 Å². The van der Waals surface area contributed by atoms with Gasteiger partial charge in [0.2, 0.25) is 9.05 Å². The van der Waals surface area contributed by atoms with Gasteiger partial charge in [-0.1, -0.05) is 6.07 Å². The Kier molecular flexibility index (Phi) is 6.92. The minimum absolute atomic E-state index is 0.0439. The predicted molar refractivity (Wildman–Crippen MR) is 76.6 cm³/mol. The Hall–Kier alpha value is -0.500. The molecule has 1 aromatic carbocycles. The van der Waals surface area contributed by atoms with Crippen molar-refractivity contribution in [3.05, 3.63) is 22.7 Å². The fourth-order valence-corrected chi connectivity index (χ4v) is 2.22. The Morgan fingerprint density at radius 3 is 2.63 bits per heavy atom. The molecule has 19 heavy (non-hydrogen) atoms. The van der Waals surface area contributed by atoms with Gasteiger partial charge in [0.25, 0.3) is 0 Å². The van der Waals surface area contributed by atoms with Gasteiger partial charge in [-0.25, -0.2) is 8.42 Å². The van der Waals surface area contributed by atoms with Crippen molar-refractivity contribution >= 4 is 35.7 Å². The van der Waals surface area contributed by atoms with E-state index in [1.165, 1.54) is 0 Å². The van der Waals surface area contributed by atoms with Crippen molar-refractivity contribution in [1.29, 1.82) is 0 Å². The molecule has 1 rings (SSSR count). The summed E-state index contributed by atoms with van der Waals surface area (Å²) in [5.41, 5.74) is 0. The molecule has 0 aliphatic heterocycles. The van der Waals surface area contributed by atoms with Gasteiger partial charge in [-0.3, -0.25) is 0 Å². The summed E-state index contributed by atoms with van der Waals surface area (Å²) in [5, 5.41) is 0. The summed E-state index contributed by atoms with van der Waals surface area (Å²) in [6.45, 7) is 0.584. The monoisotopic (exact) mass is 372 g/mol. The molecule has 108 valence electrons. The van der Waals surface area contributed by atoms with Gasteiger partial charge in [0, 0.05) is 10.7 Å². The molecule has 0 saturated heterocycles. The van der Waals surface area contributed by atoms with E-state index in [-0.39, 0.29) is 25.6 Å². The number of halogens is 2. The third kappa shape index (κ3) is 6.47. The van der Waals surface area contributed by atoms with Gasteiger partial charge < -0.3 is 14.2 Å². The molecule has 0 aromatic heterocycles. The number of para-hydroxylation sites is 1. The van der Waals surface area contributed by atoms with E-state index in [1.54, 1.807) is 13.2 Å². The molecule has 0 N–H and O–H groups in total. The summed E-state index contributed by atoms with van der Waals surface area (Å²) in [5.74, 6) is 0.976. The minimum atomic E-state index is -3.50. The molecule has 0 radical (unpaired) electrons. The average molecular weight is 374 g/mol. The fourth-order valence-electron chi connectivity index (χ4n) is 1.25. The zero-order valence-corrected chi connectivity index (χ0v) is 13.4. The highest BCUT2D eigenvalue weighted by atomic mass is 79.9. The van der Waals surface area contributed by atoms with Crippen LogP contribution in [0.1, 0.15) is 0 Å². The normalized spacial score (nSPS) is 11.3. The van der Waals surface area contributed by atoms with Crippen molar-refractivity contribution in [2.45, 2.75) is 0 Å². The van der Waals surface area contributed by atoms with Crippen LogP contribution >= 0.6 is 26.6 Å². The molecule has 5 nitrogen and oxygen atoms in total. The first-order valence-electron chi connectivity index (χ1n) is 5.39. The smallest absolute Gasteiger partial charge is 0.234 e. The third-order valence-electron chi connectivity index (χ3n) is 2.10. The summed E-state index contributed by atoms with van der Waals surface area (Å²) in [6, 6.07) is 5.44. The van der Waals surface area contributed by atoms with Crippen molar-refractivity contribution in [2.24, 2.45) is 0 Å². The Labute approximate surface area is 125 Å². The van der Waals surface area contributed by atoms with E-state index in [9.17, 15) is 8.42 Å². The van der Waals surface area contributed by atoms with Crippen molar-refractivity contribution in [3.8, 4) is 11.5 Å². The molecule has 0 aliphatic rings. The summed E-state index contributed by atoms with van der Waals surface area (Å²) in [4.78, 5) is 0. The maximum absolute atomic E-state index is 10.6. The van der Waals surface area contributed by atoms with E-state index in [4.69, 9.17) is 24.9 Å². The quantitative estimate of drug-likeness (QED) is 0.517. The van der Waals surface area contributed by atoms with Gasteiger partial charge in [0.05, 0.1) is 30.5 Å². The zero-order chi connectivity index (χ0) is 14.3. The first-order valence-corrected chi connectivity index (χ1v) is 8.66. The Bertz CT molecular complexity index is 506. The lowest BCUT2D eigenvalue weighted by Crippen LogP contribution is -2.12. The van der Waals surface area contributed by atoms with Gasteiger partial charge in [-0.15, -0.1) is 0 Å². The average Bonchev–Trinajstić information content (AvgIpc) is 2.33. The fraction of sp³-hybridized carbons (Fsp3) is 0.455. The van der Waals surface area contributed by atoms with E-state index in [0.29, 0.717) is 11.5 Å². The molecule has 0 heterocycles. The van der Waals surface area contributed by atoms with E-state index >= 15 is 0 Å². The summed E-state index contributed by atoms with van der Waals surface area (Å²) < 4.78 is 37.8. The van der Waals surface area contributed by atoms with E-state index < -0.39 is 9.05 Å². The van der Waals surface area contributed by atoms with Crippen LogP contribution < -0.4 is 9.47 Å². The Balaban J connectivity index is 2.34. The molecule has 0 aliphatic carbocycles. The first kappa shape index (κ1) is 16.6. The van der Waals surface area contributed by atoms with Gasteiger partial charge >= 0.3 is 0 Å². The predicted octanol–water partition coefficient (Wildman–Crippen LogP) is 2.42. The van der Waals surface area contributed by atoms with Crippen LogP contribution in [0, 0.1) is 0 Å². The van der Waals surface area contributed by atoms with Gasteiger partial charge in [-0.05, 0) is 28.1 Å². The number of methoxy groups -OCH3 is 1. The number of rotatable bonds is 8. The van der Waals surface area contributed by atoms with Crippen LogP contribution in [-0.4, -0.2) is 41.1 Å². The molecule has 0 spiro atoms. The molecule has 1 aromatic rings. The number of hydrogen-bond acceptors (Lipinski definition) is 5. The van der Waals surface area contributed by atoms with Gasteiger partial charge in [0.1, 0.15) is 6.61 Å². The van der Waals surface area contributed by atoms with Gasteiger partial charge in [-0.2, -0.15) is 0 Å². The van der Waals surface area contributed by atoms with Crippen molar-refractivity contribution in [2.75, 3.05) is 32.7 Å². The second kappa shape index (κ2) is 7.94. The van der Waals surface area contributed by atoms with Crippen LogP contribution in [0.15, 0.2) is 22.7 Å². The highest BCUT2D eigenvalue weighted by molar-refractivity contribution is 9.10. The molecular weight excluding hydrogens is 360 g/mol. The summed E-state index contributed by atoms with van der Waals surface area (Å²) in [7, 11) is 3.09. The van der Waals surface area contributed by atoms with Crippen molar-refractivity contribution in [3.63, 3.8) is 0 Å². The third-order valence-corrected chi connectivity index (χ3v) is 3.84. The molecular formula is C11H14BrClO5S. The van der Waals surface area contributed by atoms with E-state index in [2.05, 4.69) is 15.9 Å². The van der Waals surface area contributed by atoms with Gasteiger partial charge in [0.15, 0.2) is 11.5 Å². The maximum Gasteiger partial charge on any atom is 0.234 e. The highest BCUT2D eigenvalue weighted by Gasteiger charge is 2.08. The molecule has 0 fully saturated rings. The summed E-state index contributed by atoms with van der Waals surface area (Å²) in [6.07, 6.45) is 0. The molecule has 0 atom stereocenters. The lowest BCUT2D eigenvalue weighted by molar-refractivity contribution is 0.110. The van der Waals surface area contributed by atoms with Crippen LogP contribution in [0.3, 0.4) is 0 Å². The van der Waals surface area contributed by atoms with Crippen LogP contribution in [0.5, 0.6) is 11.5 Å². The lowest BCUT2D eigenvalue weighted by Gasteiger charge is -2.12. The largest absolute Gasteiger partial charge is 0.493 e.